The van der Waals surface area contributed by atoms with E-state index in [1.165, 1.54) is 0 Å². The Morgan fingerprint density at radius 1 is 1.64 bits per heavy atom. The minimum absolute atomic E-state index is 0.207. The van der Waals surface area contributed by atoms with Gasteiger partial charge in [-0.3, -0.25) is 4.79 Å². The molecule has 4 nitrogen and oxygen atoms in total. The molecule has 14 heavy (non-hydrogen) atoms. The average molecular weight is 196 g/mol. The molecule has 0 bridgehead atoms. The third-order valence-electron chi connectivity index (χ3n) is 2.32. The van der Waals surface area contributed by atoms with Crippen molar-refractivity contribution in [3.8, 4) is 0 Å². The van der Waals surface area contributed by atoms with E-state index in [9.17, 15) is 9.90 Å². The van der Waals surface area contributed by atoms with E-state index in [0.717, 1.165) is 0 Å². The molecule has 0 saturated heterocycles. The molecule has 1 aromatic heterocycles. The number of nitrogens with one attached hydrogen (secondary N) is 2. The third kappa shape index (κ3) is 2.35. The summed E-state index contributed by atoms with van der Waals surface area (Å²) in [4.78, 5) is 14.4. The molecular weight excluding hydrogens is 180 g/mol. The van der Waals surface area contributed by atoms with Gasteiger partial charge in [-0.2, -0.15) is 0 Å². The lowest BCUT2D eigenvalue weighted by Gasteiger charge is -2.29. The lowest BCUT2D eigenvalue weighted by molar-refractivity contribution is 0.0706. The van der Waals surface area contributed by atoms with Crippen LogP contribution in [0.25, 0.3) is 0 Å². The molecule has 1 rings (SSSR count). The van der Waals surface area contributed by atoms with E-state index in [2.05, 4.69) is 10.3 Å². The van der Waals surface area contributed by atoms with Gasteiger partial charge in [-0.1, -0.05) is 0 Å². The number of aliphatic hydroxyl groups excluding tert-OH is 1. The van der Waals surface area contributed by atoms with Crippen molar-refractivity contribution in [2.45, 2.75) is 32.4 Å². The number of aromatic nitrogens is 1. The topological polar surface area (TPSA) is 65.1 Å². The van der Waals surface area contributed by atoms with Crippen LogP contribution in [0.5, 0.6) is 0 Å². The summed E-state index contributed by atoms with van der Waals surface area (Å²) in [6, 6.07) is 3.44. The molecule has 1 unspecified atom stereocenters. The zero-order chi connectivity index (χ0) is 10.8. The Bertz CT molecular complexity index is 302. The van der Waals surface area contributed by atoms with Crippen molar-refractivity contribution in [1.29, 1.82) is 0 Å². The number of carbonyl (C=O) groups is 1. The van der Waals surface area contributed by atoms with Crippen LogP contribution >= 0.6 is 0 Å². The van der Waals surface area contributed by atoms with Gasteiger partial charge >= 0.3 is 0 Å². The number of hydrogen-bond acceptors (Lipinski definition) is 2. The van der Waals surface area contributed by atoms with Crippen molar-refractivity contribution in [3.05, 3.63) is 24.0 Å². The molecule has 78 valence electrons. The monoisotopic (exact) mass is 196 g/mol. The second-order valence-electron chi connectivity index (χ2n) is 3.94. The predicted molar refractivity (Wildman–Crippen MR) is 54.0 cm³/mol. The highest BCUT2D eigenvalue weighted by atomic mass is 16.3. The highest BCUT2D eigenvalue weighted by molar-refractivity contribution is 5.92. The van der Waals surface area contributed by atoms with Gasteiger partial charge in [-0.05, 0) is 32.9 Å². The summed E-state index contributed by atoms with van der Waals surface area (Å²) in [5.74, 6) is -0.207. The number of carbonyl (C=O) groups excluding carboxylic acids is 1. The van der Waals surface area contributed by atoms with Crippen LogP contribution in [0, 0.1) is 0 Å². The molecular formula is C10H16N2O2. The van der Waals surface area contributed by atoms with Crippen molar-refractivity contribution >= 4 is 5.91 Å². The fourth-order valence-electron chi connectivity index (χ4n) is 0.936. The molecule has 0 aromatic carbocycles. The smallest absolute Gasteiger partial charge is 0.268 e. The molecule has 1 amide bonds. The van der Waals surface area contributed by atoms with Gasteiger partial charge < -0.3 is 15.4 Å². The second-order valence-corrected chi connectivity index (χ2v) is 3.94. The van der Waals surface area contributed by atoms with Crippen LogP contribution in [0.3, 0.4) is 0 Å². The quantitative estimate of drug-likeness (QED) is 0.672. The highest BCUT2D eigenvalue weighted by Gasteiger charge is 2.26. The first-order valence-corrected chi connectivity index (χ1v) is 4.57. The van der Waals surface area contributed by atoms with E-state index >= 15 is 0 Å². The van der Waals surface area contributed by atoms with Gasteiger partial charge in [0.2, 0.25) is 0 Å². The fourth-order valence-corrected chi connectivity index (χ4v) is 0.936. The number of H-pyrrole nitrogens is 1. The van der Waals surface area contributed by atoms with Crippen LogP contribution < -0.4 is 5.32 Å². The first kappa shape index (κ1) is 10.8. The Morgan fingerprint density at radius 2 is 2.29 bits per heavy atom. The van der Waals surface area contributed by atoms with Gasteiger partial charge in [0.25, 0.3) is 5.91 Å². The van der Waals surface area contributed by atoms with Gasteiger partial charge in [0.05, 0.1) is 11.6 Å². The first-order valence-electron chi connectivity index (χ1n) is 4.57. The highest BCUT2D eigenvalue weighted by Crippen LogP contribution is 2.09. The summed E-state index contributed by atoms with van der Waals surface area (Å²) < 4.78 is 0. The molecule has 0 saturated carbocycles. The van der Waals surface area contributed by atoms with Crippen LogP contribution in [-0.2, 0) is 0 Å². The van der Waals surface area contributed by atoms with Crippen LogP contribution in [0.1, 0.15) is 31.3 Å². The molecule has 1 atom stereocenters. The number of aromatic amines is 1. The standard InChI is InChI=1S/C10H16N2O2/c1-7(13)10(2,3)12-9(14)8-5-4-6-11-8/h4-7,11,13H,1-3H3,(H,12,14). The SMILES string of the molecule is CC(O)C(C)(C)NC(=O)c1ccc[nH]1. The summed E-state index contributed by atoms with van der Waals surface area (Å²) in [5.41, 5.74) is -0.124. The fraction of sp³-hybridized carbons (Fsp3) is 0.500. The molecule has 0 aliphatic heterocycles. The minimum Gasteiger partial charge on any atom is -0.391 e. The summed E-state index contributed by atoms with van der Waals surface area (Å²) in [5, 5.41) is 12.1. The van der Waals surface area contributed by atoms with Crippen LogP contribution in [0.2, 0.25) is 0 Å². The van der Waals surface area contributed by atoms with E-state index in [1.54, 1.807) is 39.1 Å². The Morgan fingerprint density at radius 3 is 2.71 bits per heavy atom. The lowest BCUT2D eigenvalue weighted by Crippen LogP contribution is -2.51. The van der Waals surface area contributed by atoms with Crippen molar-refractivity contribution in [2.75, 3.05) is 0 Å². The van der Waals surface area contributed by atoms with Crippen LogP contribution in [-0.4, -0.2) is 27.6 Å². The zero-order valence-electron chi connectivity index (χ0n) is 8.66. The molecule has 0 radical (unpaired) electrons. The normalized spacial score (nSPS) is 13.7. The number of hydrogen-bond donors (Lipinski definition) is 3. The number of aliphatic hydroxyl groups is 1. The minimum atomic E-state index is -0.623. The maximum atomic E-state index is 11.6. The zero-order valence-corrected chi connectivity index (χ0v) is 8.66. The maximum absolute atomic E-state index is 11.6. The van der Waals surface area contributed by atoms with E-state index < -0.39 is 11.6 Å². The van der Waals surface area contributed by atoms with Crippen molar-refractivity contribution in [3.63, 3.8) is 0 Å². The molecule has 1 heterocycles. The van der Waals surface area contributed by atoms with E-state index in [4.69, 9.17) is 0 Å². The lowest BCUT2D eigenvalue weighted by atomic mass is 9.99. The number of amides is 1. The van der Waals surface area contributed by atoms with E-state index in [-0.39, 0.29) is 5.91 Å². The maximum Gasteiger partial charge on any atom is 0.268 e. The first-order chi connectivity index (χ1) is 6.43. The predicted octanol–water partition coefficient (Wildman–Crippen LogP) is 0.904. The van der Waals surface area contributed by atoms with E-state index in [1.807, 2.05) is 0 Å². The van der Waals surface area contributed by atoms with Gasteiger partial charge in [-0.15, -0.1) is 0 Å². The third-order valence-corrected chi connectivity index (χ3v) is 2.32. The summed E-state index contributed by atoms with van der Waals surface area (Å²) in [6.07, 6.45) is 1.09. The summed E-state index contributed by atoms with van der Waals surface area (Å²) >= 11 is 0. The van der Waals surface area contributed by atoms with Crippen molar-refractivity contribution in [1.82, 2.24) is 10.3 Å². The Balaban J connectivity index is 2.66. The molecule has 0 aliphatic rings. The van der Waals surface area contributed by atoms with Crippen LogP contribution in [0.4, 0.5) is 0 Å². The van der Waals surface area contributed by atoms with Gasteiger partial charge in [0, 0.05) is 6.20 Å². The van der Waals surface area contributed by atoms with E-state index in [0.29, 0.717) is 5.69 Å². The van der Waals surface area contributed by atoms with Crippen LogP contribution in [0.15, 0.2) is 18.3 Å². The average Bonchev–Trinajstić information content (AvgIpc) is 2.54. The van der Waals surface area contributed by atoms with Gasteiger partial charge in [-0.25, -0.2) is 0 Å². The van der Waals surface area contributed by atoms with Gasteiger partial charge in [0.1, 0.15) is 5.69 Å². The molecule has 0 fully saturated rings. The molecule has 3 N–H and O–H groups in total. The molecule has 0 spiro atoms. The molecule has 1 aromatic rings. The summed E-state index contributed by atoms with van der Waals surface area (Å²) in [6.45, 7) is 5.20. The summed E-state index contributed by atoms with van der Waals surface area (Å²) in [7, 11) is 0. The Hall–Kier alpha value is -1.29. The Labute approximate surface area is 83.3 Å². The second kappa shape index (κ2) is 3.84. The Kier molecular flexibility index (Phi) is 2.96. The largest absolute Gasteiger partial charge is 0.391 e. The number of rotatable bonds is 3. The molecule has 4 heteroatoms. The van der Waals surface area contributed by atoms with Gasteiger partial charge in [0.15, 0.2) is 0 Å². The van der Waals surface area contributed by atoms with Crippen molar-refractivity contribution < 1.29 is 9.90 Å². The molecule has 0 aliphatic carbocycles. The van der Waals surface area contributed by atoms with Crippen molar-refractivity contribution in [2.24, 2.45) is 0 Å².